The molecule has 19 heavy (non-hydrogen) atoms. The van der Waals surface area contributed by atoms with Crippen LogP contribution in [0.1, 0.15) is 31.5 Å². The summed E-state index contributed by atoms with van der Waals surface area (Å²) >= 11 is 0. The number of carbonyl (C=O) groups excluding carboxylic acids is 1. The third-order valence-corrected chi connectivity index (χ3v) is 3.36. The third-order valence-electron chi connectivity index (χ3n) is 3.36. The zero-order valence-corrected chi connectivity index (χ0v) is 10.3. The predicted octanol–water partition coefficient (Wildman–Crippen LogP) is -0.356. The molecule has 4 N–H and O–H groups in total. The van der Waals surface area contributed by atoms with Crippen molar-refractivity contribution >= 4 is 12.0 Å². The summed E-state index contributed by atoms with van der Waals surface area (Å²) in [6, 6.07) is -0.360. The van der Waals surface area contributed by atoms with Gasteiger partial charge in [0, 0.05) is 6.54 Å². The smallest absolute Gasteiger partial charge is 0.315 e. The van der Waals surface area contributed by atoms with Crippen LogP contribution in [0.4, 0.5) is 4.79 Å². The van der Waals surface area contributed by atoms with Crippen LogP contribution in [0.25, 0.3) is 0 Å². The average molecular weight is 268 g/mol. The molecule has 2 rings (SSSR count). The van der Waals surface area contributed by atoms with Gasteiger partial charge in [0.05, 0.1) is 13.0 Å². The molecule has 1 aliphatic rings. The number of nitrogens with zero attached hydrogens (tertiary/aromatic N) is 3. The van der Waals surface area contributed by atoms with Gasteiger partial charge in [-0.25, -0.2) is 4.79 Å². The van der Waals surface area contributed by atoms with Gasteiger partial charge in [-0.15, -0.1) is 10.2 Å². The minimum absolute atomic E-state index is 0.0954. The number of urea groups is 1. The summed E-state index contributed by atoms with van der Waals surface area (Å²) in [5.41, 5.74) is -0.282. The van der Waals surface area contributed by atoms with Crippen LogP contribution in [-0.2, 0) is 11.3 Å². The summed E-state index contributed by atoms with van der Waals surface area (Å²) in [5.74, 6) is -0.437. The number of nitrogens with one attached hydrogen (secondary N) is 3. The van der Waals surface area contributed by atoms with E-state index >= 15 is 0 Å². The molecule has 1 heterocycles. The normalized spacial score (nSPS) is 16.4. The Bertz CT molecular complexity index is 442. The van der Waals surface area contributed by atoms with Crippen molar-refractivity contribution in [3.63, 3.8) is 0 Å². The molecule has 0 spiro atoms. The molecule has 0 aliphatic heterocycles. The Morgan fingerprint density at radius 1 is 1.37 bits per heavy atom. The zero-order chi connectivity index (χ0) is 13.7. The molecular formula is C10H16N6O3. The van der Waals surface area contributed by atoms with E-state index in [4.69, 9.17) is 5.11 Å². The number of hydrogen-bond donors (Lipinski definition) is 4. The number of carbonyl (C=O) groups is 2. The lowest BCUT2D eigenvalue weighted by atomic mass is 9.66. The van der Waals surface area contributed by atoms with Gasteiger partial charge in [-0.3, -0.25) is 4.79 Å². The number of rotatable bonds is 6. The predicted molar refractivity (Wildman–Crippen MR) is 63.0 cm³/mol. The number of aromatic nitrogens is 4. The summed E-state index contributed by atoms with van der Waals surface area (Å²) in [6.45, 7) is 0.547. The van der Waals surface area contributed by atoms with Crippen LogP contribution in [-0.4, -0.2) is 44.3 Å². The lowest BCUT2D eigenvalue weighted by Gasteiger charge is -2.40. The molecule has 1 aliphatic carbocycles. The van der Waals surface area contributed by atoms with Gasteiger partial charge in [-0.05, 0) is 18.3 Å². The maximum atomic E-state index is 11.6. The van der Waals surface area contributed by atoms with Gasteiger partial charge >= 0.3 is 12.0 Å². The first-order valence-corrected chi connectivity index (χ1v) is 6.05. The van der Waals surface area contributed by atoms with Crippen molar-refractivity contribution in [3.8, 4) is 0 Å². The number of amides is 2. The Balaban J connectivity index is 1.72. The van der Waals surface area contributed by atoms with Crippen molar-refractivity contribution in [1.82, 2.24) is 31.3 Å². The molecular weight excluding hydrogens is 252 g/mol. The standard InChI is InChI=1S/C10H16N6O3/c17-8(18)4-10(2-1-3-10)6-12-9(19)11-5-7-13-15-16-14-7/h1-6H2,(H,17,18)(H2,11,12,19)(H,13,14,15,16). The van der Waals surface area contributed by atoms with Crippen LogP contribution in [0.2, 0.25) is 0 Å². The van der Waals surface area contributed by atoms with E-state index in [1.54, 1.807) is 0 Å². The number of H-pyrrole nitrogens is 1. The number of carboxylic acid groups (broad SMARTS) is 1. The van der Waals surface area contributed by atoms with Gasteiger partial charge in [-0.2, -0.15) is 5.21 Å². The average Bonchev–Trinajstić information content (AvgIpc) is 2.82. The lowest BCUT2D eigenvalue weighted by Crippen LogP contribution is -2.46. The fourth-order valence-corrected chi connectivity index (χ4v) is 2.16. The molecule has 0 atom stereocenters. The van der Waals surface area contributed by atoms with Crippen molar-refractivity contribution in [1.29, 1.82) is 0 Å². The van der Waals surface area contributed by atoms with E-state index in [1.807, 2.05) is 0 Å². The molecule has 0 bridgehead atoms. The SMILES string of the molecule is O=C(O)CC1(CNC(=O)NCc2nn[nH]n2)CCC1. The second kappa shape index (κ2) is 5.63. The Labute approximate surface area is 109 Å². The first-order valence-electron chi connectivity index (χ1n) is 6.05. The number of aromatic amines is 1. The molecule has 1 aromatic heterocycles. The van der Waals surface area contributed by atoms with Crippen LogP contribution in [0, 0.1) is 5.41 Å². The third kappa shape index (κ3) is 3.63. The molecule has 104 valence electrons. The topological polar surface area (TPSA) is 133 Å². The maximum Gasteiger partial charge on any atom is 0.315 e. The van der Waals surface area contributed by atoms with Crippen LogP contribution in [0.5, 0.6) is 0 Å². The highest BCUT2D eigenvalue weighted by atomic mass is 16.4. The van der Waals surface area contributed by atoms with Gasteiger partial charge in [0.1, 0.15) is 0 Å². The van der Waals surface area contributed by atoms with Crippen molar-refractivity contribution in [3.05, 3.63) is 5.82 Å². The summed E-state index contributed by atoms with van der Waals surface area (Å²) in [6.07, 6.45) is 2.78. The fraction of sp³-hybridized carbons (Fsp3) is 0.700. The number of tetrazole rings is 1. The van der Waals surface area contributed by atoms with Gasteiger partial charge in [0.25, 0.3) is 0 Å². The molecule has 9 heteroatoms. The first-order chi connectivity index (χ1) is 9.10. The number of carboxylic acids is 1. The monoisotopic (exact) mass is 268 g/mol. The highest BCUT2D eigenvalue weighted by Crippen LogP contribution is 2.43. The minimum atomic E-state index is -0.825. The van der Waals surface area contributed by atoms with E-state index in [1.165, 1.54) is 0 Å². The summed E-state index contributed by atoms with van der Waals surface area (Å²) < 4.78 is 0. The number of hydrogen-bond acceptors (Lipinski definition) is 5. The van der Waals surface area contributed by atoms with Crippen LogP contribution < -0.4 is 10.6 Å². The van der Waals surface area contributed by atoms with Crippen molar-refractivity contribution in [2.45, 2.75) is 32.2 Å². The summed E-state index contributed by atoms with van der Waals surface area (Å²) in [4.78, 5) is 22.3. The second-order valence-electron chi connectivity index (χ2n) is 4.79. The van der Waals surface area contributed by atoms with Gasteiger partial charge in [0.15, 0.2) is 5.82 Å². The van der Waals surface area contributed by atoms with E-state index < -0.39 is 5.97 Å². The Morgan fingerprint density at radius 2 is 2.16 bits per heavy atom. The molecule has 0 aromatic carbocycles. The Hall–Kier alpha value is -2.19. The van der Waals surface area contributed by atoms with Crippen LogP contribution in [0.3, 0.4) is 0 Å². The van der Waals surface area contributed by atoms with Gasteiger partial charge in [-0.1, -0.05) is 11.6 Å². The van der Waals surface area contributed by atoms with E-state index in [0.717, 1.165) is 19.3 Å². The molecule has 1 saturated carbocycles. The van der Waals surface area contributed by atoms with Gasteiger partial charge in [0.2, 0.25) is 0 Å². The number of aliphatic carboxylic acids is 1. The minimum Gasteiger partial charge on any atom is -0.481 e. The summed E-state index contributed by atoms with van der Waals surface area (Å²) in [5, 5.41) is 27.2. The summed E-state index contributed by atoms with van der Waals surface area (Å²) in [7, 11) is 0. The second-order valence-corrected chi connectivity index (χ2v) is 4.79. The van der Waals surface area contributed by atoms with E-state index in [-0.39, 0.29) is 24.4 Å². The zero-order valence-electron chi connectivity index (χ0n) is 10.3. The molecule has 1 fully saturated rings. The van der Waals surface area contributed by atoms with Crippen molar-refractivity contribution in [2.24, 2.45) is 5.41 Å². The van der Waals surface area contributed by atoms with E-state index in [0.29, 0.717) is 12.4 Å². The quantitative estimate of drug-likeness (QED) is 0.557. The first kappa shape index (κ1) is 13.2. The largest absolute Gasteiger partial charge is 0.481 e. The molecule has 0 saturated heterocycles. The lowest BCUT2D eigenvalue weighted by molar-refractivity contribution is -0.141. The Morgan fingerprint density at radius 3 is 2.68 bits per heavy atom. The van der Waals surface area contributed by atoms with Crippen LogP contribution in [0.15, 0.2) is 0 Å². The molecule has 2 amide bonds. The van der Waals surface area contributed by atoms with Crippen LogP contribution >= 0.6 is 0 Å². The molecule has 9 nitrogen and oxygen atoms in total. The maximum absolute atomic E-state index is 11.6. The van der Waals surface area contributed by atoms with Crippen molar-refractivity contribution in [2.75, 3.05) is 6.54 Å². The van der Waals surface area contributed by atoms with Gasteiger partial charge < -0.3 is 15.7 Å². The fourth-order valence-electron chi connectivity index (χ4n) is 2.16. The molecule has 0 radical (unpaired) electrons. The van der Waals surface area contributed by atoms with Crippen molar-refractivity contribution < 1.29 is 14.7 Å². The molecule has 0 unspecified atom stereocenters. The van der Waals surface area contributed by atoms with E-state index in [9.17, 15) is 9.59 Å². The molecule has 1 aromatic rings. The highest BCUT2D eigenvalue weighted by Gasteiger charge is 2.39. The highest BCUT2D eigenvalue weighted by molar-refractivity contribution is 5.74. The van der Waals surface area contributed by atoms with E-state index in [2.05, 4.69) is 31.3 Å². The Kier molecular flexibility index (Phi) is 3.93.